The first-order valence-electron chi connectivity index (χ1n) is 5.02. The average molecular weight is 218 g/mol. The van der Waals surface area contributed by atoms with Crippen LogP contribution in [0.15, 0.2) is 42.0 Å². The average Bonchev–Trinajstić information content (AvgIpc) is 2.81. The first-order valence-corrected chi connectivity index (χ1v) is 5.90. The van der Waals surface area contributed by atoms with Gasteiger partial charge in [0.1, 0.15) is 0 Å². The Labute approximate surface area is 94.0 Å². The van der Waals surface area contributed by atoms with Crippen molar-refractivity contribution in [3.63, 3.8) is 0 Å². The molecule has 0 aliphatic rings. The SMILES string of the molecule is C[C@@H](NCc1cccnc1)c1cccs1. The Morgan fingerprint density at radius 2 is 2.33 bits per heavy atom. The van der Waals surface area contributed by atoms with Crippen LogP contribution in [0.25, 0.3) is 0 Å². The molecule has 0 bridgehead atoms. The number of nitrogens with zero attached hydrogens (tertiary/aromatic N) is 1. The Kier molecular flexibility index (Phi) is 3.48. The van der Waals surface area contributed by atoms with E-state index in [0.717, 1.165) is 6.54 Å². The molecular weight excluding hydrogens is 204 g/mol. The van der Waals surface area contributed by atoms with E-state index in [0.29, 0.717) is 6.04 Å². The minimum atomic E-state index is 0.408. The zero-order valence-corrected chi connectivity index (χ0v) is 9.50. The Balaban J connectivity index is 1.89. The van der Waals surface area contributed by atoms with Gasteiger partial charge in [0.2, 0.25) is 0 Å². The number of hydrogen-bond donors (Lipinski definition) is 1. The molecule has 2 aromatic rings. The molecule has 0 aromatic carbocycles. The van der Waals surface area contributed by atoms with Gasteiger partial charge in [0.05, 0.1) is 0 Å². The molecule has 0 fully saturated rings. The van der Waals surface area contributed by atoms with Gasteiger partial charge in [-0.05, 0) is 30.0 Å². The van der Waals surface area contributed by atoms with Crippen LogP contribution in [0.3, 0.4) is 0 Å². The fraction of sp³-hybridized carbons (Fsp3) is 0.250. The molecule has 0 unspecified atom stereocenters. The summed E-state index contributed by atoms with van der Waals surface area (Å²) in [5.41, 5.74) is 1.22. The number of aromatic nitrogens is 1. The van der Waals surface area contributed by atoms with Crippen LogP contribution >= 0.6 is 11.3 Å². The summed E-state index contributed by atoms with van der Waals surface area (Å²) >= 11 is 1.79. The first-order chi connectivity index (χ1) is 7.36. The predicted molar refractivity (Wildman–Crippen MR) is 63.8 cm³/mol. The molecule has 1 atom stereocenters. The molecule has 2 nitrogen and oxygen atoms in total. The Hall–Kier alpha value is -1.19. The molecule has 2 rings (SSSR count). The Morgan fingerprint density at radius 3 is 3.00 bits per heavy atom. The van der Waals surface area contributed by atoms with Gasteiger partial charge in [0.25, 0.3) is 0 Å². The molecule has 0 aliphatic heterocycles. The predicted octanol–water partition coefficient (Wildman–Crippen LogP) is 2.99. The highest BCUT2D eigenvalue weighted by molar-refractivity contribution is 7.10. The van der Waals surface area contributed by atoms with Gasteiger partial charge in [-0.3, -0.25) is 4.98 Å². The van der Waals surface area contributed by atoms with Crippen LogP contribution in [0.5, 0.6) is 0 Å². The normalized spacial score (nSPS) is 12.6. The van der Waals surface area contributed by atoms with Gasteiger partial charge < -0.3 is 5.32 Å². The van der Waals surface area contributed by atoms with E-state index in [4.69, 9.17) is 0 Å². The summed E-state index contributed by atoms with van der Waals surface area (Å²) in [7, 11) is 0. The number of hydrogen-bond acceptors (Lipinski definition) is 3. The largest absolute Gasteiger partial charge is 0.305 e. The number of pyridine rings is 1. The van der Waals surface area contributed by atoms with Gasteiger partial charge in [0, 0.05) is 29.9 Å². The number of rotatable bonds is 4. The van der Waals surface area contributed by atoms with Crippen molar-refractivity contribution in [2.75, 3.05) is 0 Å². The second-order valence-corrected chi connectivity index (χ2v) is 4.46. The molecule has 1 N–H and O–H groups in total. The standard InChI is InChI=1S/C12H14N2S/c1-10(12-5-3-7-15-12)14-9-11-4-2-6-13-8-11/h2-8,10,14H,9H2,1H3/t10-/m1/s1. The second-order valence-electron chi connectivity index (χ2n) is 3.48. The van der Waals surface area contributed by atoms with E-state index in [2.05, 4.69) is 40.8 Å². The van der Waals surface area contributed by atoms with Gasteiger partial charge in [-0.15, -0.1) is 11.3 Å². The van der Waals surface area contributed by atoms with E-state index in [-0.39, 0.29) is 0 Å². The summed E-state index contributed by atoms with van der Waals surface area (Å²) in [4.78, 5) is 5.46. The van der Waals surface area contributed by atoms with Crippen molar-refractivity contribution in [1.82, 2.24) is 10.3 Å². The monoisotopic (exact) mass is 218 g/mol. The van der Waals surface area contributed by atoms with Gasteiger partial charge in [-0.1, -0.05) is 12.1 Å². The zero-order chi connectivity index (χ0) is 10.5. The lowest BCUT2D eigenvalue weighted by Gasteiger charge is -2.11. The van der Waals surface area contributed by atoms with E-state index in [1.54, 1.807) is 17.5 Å². The third kappa shape index (κ3) is 2.88. The highest BCUT2D eigenvalue weighted by Gasteiger charge is 2.04. The van der Waals surface area contributed by atoms with Gasteiger partial charge in [-0.25, -0.2) is 0 Å². The molecule has 0 aliphatic carbocycles. The van der Waals surface area contributed by atoms with Crippen LogP contribution in [0.2, 0.25) is 0 Å². The van der Waals surface area contributed by atoms with E-state index < -0.39 is 0 Å². The Bertz CT molecular complexity index is 383. The molecule has 0 amide bonds. The number of thiophene rings is 1. The van der Waals surface area contributed by atoms with Crippen LogP contribution in [-0.2, 0) is 6.54 Å². The van der Waals surface area contributed by atoms with E-state index in [9.17, 15) is 0 Å². The topological polar surface area (TPSA) is 24.9 Å². The summed E-state index contributed by atoms with van der Waals surface area (Å²) < 4.78 is 0. The van der Waals surface area contributed by atoms with Crippen LogP contribution in [0, 0.1) is 0 Å². The quantitative estimate of drug-likeness (QED) is 0.853. The molecule has 0 saturated heterocycles. The van der Waals surface area contributed by atoms with Crippen molar-refractivity contribution >= 4 is 11.3 Å². The summed E-state index contributed by atoms with van der Waals surface area (Å²) in [6, 6.07) is 8.70. The van der Waals surface area contributed by atoms with E-state index in [1.807, 2.05) is 12.3 Å². The minimum Gasteiger partial charge on any atom is -0.305 e. The maximum absolute atomic E-state index is 4.09. The smallest absolute Gasteiger partial charge is 0.0388 e. The molecule has 2 aromatic heterocycles. The van der Waals surface area contributed by atoms with Crippen molar-refractivity contribution in [1.29, 1.82) is 0 Å². The molecule has 3 heteroatoms. The highest BCUT2D eigenvalue weighted by Crippen LogP contribution is 2.18. The Morgan fingerprint density at radius 1 is 1.40 bits per heavy atom. The lowest BCUT2D eigenvalue weighted by Crippen LogP contribution is -2.17. The second kappa shape index (κ2) is 5.05. The van der Waals surface area contributed by atoms with Crippen molar-refractivity contribution in [3.8, 4) is 0 Å². The fourth-order valence-corrected chi connectivity index (χ4v) is 2.17. The maximum atomic E-state index is 4.09. The van der Waals surface area contributed by atoms with Gasteiger partial charge in [0.15, 0.2) is 0 Å². The molecular formula is C12H14N2S. The molecule has 78 valence electrons. The molecule has 0 radical (unpaired) electrons. The number of nitrogens with one attached hydrogen (secondary N) is 1. The summed E-state index contributed by atoms with van der Waals surface area (Å²) in [5.74, 6) is 0. The van der Waals surface area contributed by atoms with Crippen LogP contribution in [-0.4, -0.2) is 4.98 Å². The van der Waals surface area contributed by atoms with Crippen LogP contribution in [0.1, 0.15) is 23.4 Å². The van der Waals surface area contributed by atoms with Crippen molar-refractivity contribution in [2.24, 2.45) is 0 Å². The molecule has 0 spiro atoms. The lowest BCUT2D eigenvalue weighted by molar-refractivity contribution is 0.582. The van der Waals surface area contributed by atoms with Crippen molar-refractivity contribution in [3.05, 3.63) is 52.5 Å². The van der Waals surface area contributed by atoms with Crippen LogP contribution in [0.4, 0.5) is 0 Å². The third-order valence-corrected chi connectivity index (χ3v) is 3.36. The summed E-state index contributed by atoms with van der Waals surface area (Å²) in [6.45, 7) is 3.05. The third-order valence-electron chi connectivity index (χ3n) is 2.31. The molecule has 15 heavy (non-hydrogen) atoms. The summed E-state index contributed by atoms with van der Waals surface area (Å²) in [5, 5.41) is 5.58. The van der Waals surface area contributed by atoms with E-state index >= 15 is 0 Å². The molecule has 0 saturated carbocycles. The first kappa shape index (κ1) is 10.3. The minimum absolute atomic E-state index is 0.408. The van der Waals surface area contributed by atoms with Crippen molar-refractivity contribution < 1.29 is 0 Å². The maximum Gasteiger partial charge on any atom is 0.0388 e. The summed E-state index contributed by atoms with van der Waals surface area (Å²) in [6.07, 6.45) is 3.69. The fourth-order valence-electron chi connectivity index (χ4n) is 1.41. The molecule has 2 heterocycles. The van der Waals surface area contributed by atoms with Crippen LogP contribution < -0.4 is 5.32 Å². The lowest BCUT2D eigenvalue weighted by atomic mass is 10.2. The highest BCUT2D eigenvalue weighted by atomic mass is 32.1. The zero-order valence-electron chi connectivity index (χ0n) is 8.68. The van der Waals surface area contributed by atoms with Crippen molar-refractivity contribution in [2.45, 2.75) is 19.5 Å². The van der Waals surface area contributed by atoms with E-state index in [1.165, 1.54) is 10.4 Å². The van der Waals surface area contributed by atoms with Gasteiger partial charge >= 0.3 is 0 Å². The van der Waals surface area contributed by atoms with Gasteiger partial charge in [-0.2, -0.15) is 0 Å².